The van der Waals surface area contributed by atoms with Gasteiger partial charge in [0.25, 0.3) is 10.1 Å². The number of likely N-dealkylation sites (N-methyl/N-ethyl adjacent to an activating group) is 1. The first-order valence-corrected chi connectivity index (χ1v) is 11.7. The summed E-state index contributed by atoms with van der Waals surface area (Å²) in [7, 11) is 1.42. The second kappa shape index (κ2) is 10.6. The van der Waals surface area contributed by atoms with E-state index in [4.69, 9.17) is 9.29 Å². The van der Waals surface area contributed by atoms with Crippen molar-refractivity contribution in [1.82, 2.24) is 20.2 Å². The van der Waals surface area contributed by atoms with Gasteiger partial charge in [-0.05, 0) is 33.2 Å². The van der Waals surface area contributed by atoms with Crippen molar-refractivity contribution in [3.63, 3.8) is 0 Å². The topological polar surface area (TPSA) is 179 Å². The van der Waals surface area contributed by atoms with Gasteiger partial charge in [0.1, 0.15) is 22.3 Å². The molecule has 0 spiro atoms. The molecule has 0 radical (unpaired) electrons. The monoisotopic (exact) mass is 494 g/mol. The van der Waals surface area contributed by atoms with E-state index >= 15 is 0 Å². The van der Waals surface area contributed by atoms with E-state index in [0.717, 1.165) is 6.54 Å². The van der Waals surface area contributed by atoms with Gasteiger partial charge in [-0.1, -0.05) is 0 Å². The van der Waals surface area contributed by atoms with Crippen molar-refractivity contribution < 1.29 is 27.6 Å². The fraction of sp³-hybridized carbons (Fsp3) is 0.333. The summed E-state index contributed by atoms with van der Waals surface area (Å²) in [6, 6.07) is 2.54. The first kappa shape index (κ1) is 26.7. The van der Waals surface area contributed by atoms with Gasteiger partial charge in [-0.3, -0.25) is 14.1 Å². The number of aromatic hydroxyl groups is 1. The van der Waals surface area contributed by atoms with Gasteiger partial charge < -0.3 is 25.0 Å². The summed E-state index contributed by atoms with van der Waals surface area (Å²) in [5.41, 5.74) is -0.346. The predicted octanol–water partition coefficient (Wildman–Crippen LogP) is -0.651. The highest BCUT2D eigenvalue weighted by Crippen LogP contribution is 2.17. The second-order valence-electron chi connectivity index (χ2n) is 7.64. The average Bonchev–Trinajstić information content (AvgIpc) is 2.75. The summed E-state index contributed by atoms with van der Waals surface area (Å²) >= 11 is 0. The lowest BCUT2D eigenvalue weighted by Crippen LogP contribution is -2.26. The van der Waals surface area contributed by atoms with Crippen LogP contribution in [0.5, 0.6) is 5.75 Å². The van der Waals surface area contributed by atoms with E-state index < -0.39 is 26.9 Å². The number of nitrogens with one attached hydrogen (secondary N) is 2. The zero-order valence-electron chi connectivity index (χ0n) is 19.3. The Kier molecular flexibility index (Phi) is 8.31. The Labute approximate surface area is 194 Å². The lowest BCUT2D eigenvalue weighted by Gasteiger charge is -2.10. The lowest BCUT2D eigenvalue weighted by atomic mass is 10.1. The lowest BCUT2D eigenvalue weighted by molar-refractivity contribution is 0.0602. The average molecular weight is 495 g/mol. The Morgan fingerprint density at radius 3 is 2.41 bits per heavy atom. The van der Waals surface area contributed by atoms with Gasteiger partial charge in [0.2, 0.25) is 10.9 Å². The standard InChI is InChI=1S/C20H22N4O5.CH4O3S/c1-10-18(26)12(9-21-7-8-24(2)3)15-17(19(10)27)23-14-11(20(28)29-4)5-6-13(25)16(14)22-15;1-5(2,3)4/h5-6,9,21,23,26H,7-8H2,1-4H3;1H3,(H,2,3,4). The molecule has 3 aromatic rings. The number of fused-ring (bicyclic) bond motifs is 2. The molecule has 184 valence electrons. The Balaban J connectivity index is 0.000000739. The van der Waals surface area contributed by atoms with Crippen LogP contribution in [0.15, 0.2) is 21.7 Å². The highest BCUT2D eigenvalue weighted by Gasteiger charge is 2.18. The molecule has 2 aromatic carbocycles. The SMILES string of the molecule is COC(=O)c1ccc(=O)c2nc3c(=CNCCN(C)C)c(O)c(C)c(=O)c3[nH]c12.CS(=O)(=O)O. The molecule has 0 saturated heterocycles. The molecule has 0 aliphatic carbocycles. The van der Waals surface area contributed by atoms with Crippen LogP contribution in [-0.4, -0.2) is 79.5 Å². The van der Waals surface area contributed by atoms with Crippen molar-refractivity contribution in [3.8, 4) is 5.75 Å². The molecule has 0 atom stereocenters. The van der Waals surface area contributed by atoms with Gasteiger partial charge in [0.15, 0.2) is 0 Å². The van der Waals surface area contributed by atoms with Gasteiger partial charge in [-0.2, -0.15) is 8.42 Å². The Morgan fingerprint density at radius 1 is 1.24 bits per heavy atom. The number of aromatic amines is 1. The number of ether oxygens (including phenoxy) is 1. The molecular weight excluding hydrogens is 468 g/mol. The normalized spacial score (nSPS) is 12.0. The van der Waals surface area contributed by atoms with Crippen molar-refractivity contribution in [3.05, 3.63) is 48.9 Å². The quantitative estimate of drug-likeness (QED) is 0.153. The molecule has 0 aliphatic rings. The van der Waals surface area contributed by atoms with E-state index in [2.05, 4.69) is 15.3 Å². The number of benzene rings is 2. The number of aromatic nitrogens is 2. The van der Waals surface area contributed by atoms with Crippen LogP contribution in [-0.2, 0) is 14.9 Å². The molecule has 34 heavy (non-hydrogen) atoms. The maximum atomic E-state index is 12.7. The van der Waals surface area contributed by atoms with Crippen LogP contribution in [0.3, 0.4) is 0 Å². The number of methoxy groups -OCH3 is 1. The van der Waals surface area contributed by atoms with Gasteiger partial charge in [-0.25, -0.2) is 9.78 Å². The molecule has 13 heteroatoms. The van der Waals surface area contributed by atoms with Crippen LogP contribution in [0, 0.1) is 6.92 Å². The molecule has 4 N–H and O–H groups in total. The second-order valence-corrected chi connectivity index (χ2v) is 9.10. The van der Waals surface area contributed by atoms with Crippen LogP contribution in [0.4, 0.5) is 0 Å². The minimum Gasteiger partial charge on any atom is -0.507 e. The third-order valence-electron chi connectivity index (χ3n) is 4.64. The number of nitrogens with zero attached hydrogens (tertiary/aromatic N) is 2. The zero-order chi connectivity index (χ0) is 25.8. The smallest absolute Gasteiger partial charge is 0.340 e. The maximum Gasteiger partial charge on any atom is 0.340 e. The Hall–Kier alpha value is -3.55. The van der Waals surface area contributed by atoms with Crippen LogP contribution in [0.25, 0.3) is 28.3 Å². The minimum absolute atomic E-state index is 0.0222. The van der Waals surface area contributed by atoms with Crippen LogP contribution in [0.1, 0.15) is 15.9 Å². The van der Waals surface area contributed by atoms with Crippen LogP contribution >= 0.6 is 0 Å². The Morgan fingerprint density at radius 2 is 1.85 bits per heavy atom. The summed E-state index contributed by atoms with van der Waals surface area (Å²) < 4.78 is 30.6. The molecule has 1 heterocycles. The summed E-state index contributed by atoms with van der Waals surface area (Å²) in [6.45, 7) is 2.85. The molecule has 0 unspecified atom stereocenters. The molecular formula is C21H26N4O8S. The number of hydrogen-bond acceptors (Lipinski definition) is 10. The molecule has 12 nitrogen and oxygen atoms in total. The molecule has 0 saturated carbocycles. The number of H-pyrrole nitrogens is 1. The van der Waals surface area contributed by atoms with Gasteiger partial charge >= 0.3 is 5.97 Å². The van der Waals surface area contributed by atoms with E-state index in [1.165, 1.54) is 26.2 Å². The van der Waals surface area contributed by atoms with Crippen molar-refractivity contribution in [2.45, 2.75) is 6.92 Å². The van der Waals surface area contributed by atoms with Crippen molar-refractivity contribution in [2.24, 2.45) is 0 Å². The van der Waals surface area contributed by atoms with Crippen LogP contribution in [0.2, 0.25) is 0 Å². The third kappa shape index (κ3) is 6.27. The van der Waals surface area contributed by atoms with Gasteiger partial charge in [-0.15, -0.1) is 0 Å². The molecule has 0 fully saturated rings. The molecule has 0 bridgehead atoms. The summed E-state index contributed by atoms with van der Waals surface area (Å²) in [6.07, 6.45) is 2.28. The number of phenolic OH excluding ortho intramolecular Hbond substituents is 1. The van der Waals surface area contributed by atoms with E-state index in [0.29, 0.717) is 12.8 Å². The molecule has 3 rings (SSSR count). The maximum absolute atomic E-state index is 12.7. The number of phenols is 1. The predicted molar refractivity (Wildman–Crippen MR) is 128 cm³/mol. The third-order valence-corrected chi connectivity index (χ3v) is 4.64. The highest BCUT2D eigenvalue weighted by molar-refractivity contribution is 7.85. The largest absolute Gasteiger partial charge is 0.507 e. The number of rotatable bonds is 5. The Bertz CT molecular complexity index is 1510. The van der Waals surface area contributed by atoms with Crippen molar-refractivity contribution in [1.29, 1.82) is 0 Å². The highest BCUT2D eigenvalue weighted by atomic mass is 32.2. The number of esters is 1. The fourth-order valence-electron chi connectivity index (χ4n) is 3.01. The number of hydrogen-bond donors (Lipinski definition) is 4. The van der Waals surface area contributed by atoms with Crippen LogP contribution < -0.4 is 21.4 Å². The van der Waals surface area contributed by atoms with Gasteiger partial charge in [0, 0.05) is 24.9 Å². The zero-order valence-corrected chi connectivity index (χ0v) is 20.1. The first-order chi connectivity index (χ1) is 15.8. The summed E-state index contributed by atoms with van der Waals surface area (Å²) in [4.78, 5) is 46.4. The number of carbonyl (C=O) groups is 1. The van der Waals surface area contributed by atoms with E-state index in [1.54, 1.807) is 6.20 Å². The molecule has 1 aromatic heterocycles. The minimum atomic E-state index is -3.67. The summed E-state index contributed by atoms with van der Waals surface area (Å²) in [5, 5.41) is 13.9. The van der Waals surface area contributed by atoms with E-state index in [1.807, 2.05) is 19.0 Å². The first-order valence-electron chi connectivity index (χ1n) is 9.87. The van der Waals surface area contributed by atoms with Gasteiger partial charge in [0.05, 0.1) is 29.7 Å². The van der Waals surface area contributed by atoms with E-state index in [9.17, 15) is 27.9 Å². The molecule has 0 amide bonds. The van der Waals surface area contributed by atoms with Crippen molar-refractivity contribution in [2.75, 3.05) is 40.6 Å². The molecule has 0 aliphatic heterocycles. The summed E-state index contributed by atoms with van der Waals surface area (Å²) in [5.74, 6) is -0.871. The van der Waals surface area contributed by atoms with Crippen molar-refractivity contribution >= 4 is 44.4 Å². The number of carbonyl (C=O) groups excluding carboxylic acids is 1. The van der Waals surface area contributed by atoms with E-state index in [-0.39, 0.29) is 44.2 Å². The fourth-order valence-corrected chi connectivity index (χ4v) is 3.01.